The van der Waals surface area contributed by atoms with Crippen molar-refractivity contribution in [3.05, 3.63) is 36.3 Å². The van der Waals surface area contributed by atoms with Gasteiger partial charge in [0.2, 0.25) is 5.91 Å². The first kappa shape index (κ1) is 13.7. The third-order valence-electron chi connectivity index (χ3n) is 2.47. The molecule has 2 heterocycles. The molecule has 0 bridgehead atoms. The van der Waals surface area contributed by atoms with Gasteiger partial charge >= 0.3 is 5.97 Å². The molecule has 2 aromatic rings. The predicted octanol–water partition coefficient (Wildman–Crippen LogP) is 0.329. The van der Waals surface area contributed by atoms with Crippen molar-refractivity contribution in [1.82, 2.24) is 20.0 Å². The van der Waals surface area contributed by atoms with Crippen LogP contribution in [0.15, 0.2) is 30.7 Å². The van der Waals surface area contributed by atoms with Crippen LogP contribution >= 0.6 is 0 Å². The van der Waals surface area contributed by atoms with Gasteiger partial charge in [0.05, 0.1) is 6.20 Å². The minimum absolute atomic E-state index is 0.212. The van der Waals surface area contributed by atoms with Gasteiger partial charge in [0, 0.05) is 18.8 Å². The normalized spacial score (nSPS) is 10.2. The van der Waals surface area contributed by atoms with E-state index in [1.165, 1.54) is 6.20 Å². The third-order valence-corrected chi connectivity index (χ3v) is 2.47. The summed E-state index contributed by atoms with van der Waals surface area (Å²) in [6.07, 6.45) is 5.61. The number of hydrogen-bond acceptors (Lipinski definition) is 5. The molecule has 1 amide bonds. The quantitative estimate of drug-likeness (QED) is 0.786. The van der Waals surface area contributed by atoms with Gasteiger partial charge in [-0.3, -0.25) is 14.6 Å². The Balaban J connectivity index is 1.82. The number of nitrogens with zero attached hydrogens (tertiary/aromatic N) is 4. The van der Waals surface area contributed by atoms with Crippen LogP contribution in [0.5, 0.6) is 0 Å². The van der Waals surface area contributed by atoms with Crippen LogP contribution in [0.3, 0.4) is 0 Å². The summed E-state index contributed by atoms with van der Waals surface area (Å²) < 4.78 is 1.14. The van der Waals surface area contributed by atoms with E-state index in [1.54, 1.807) is 12.4 Å². The highest BCUT2D eigenvalue weighted by atomic mass is 16.4. The van der Waals surface area contributed by atoms with E-state index in [0.29, 0.717) is 6.42 Å². The molecule has 0 saturated carbocycles. The standard InChI is InChI=1S/C12H13N5O3/c18-11(4-3-9-2-1-5-13-6-9)14-10-7-17(16-15-10)8-12(19)20/h1-2,5-7H,3-4,8H2,(H,14,18)(H,19,20). The number of aromatic nitrogens is 4. The Morgan fingerprint density at radius 2 is 2.25 bits per heavy atom. The molecular weight excluding hydrogens is 262 g/mol. The summed E-state index contributed by atoms with van der Waals surface area (Å²) in [5.74, 6) is -0.997. The molecule has 0 radical (unpaired) electrons. The molecule has 8 nitrogen and oxygen atoms in total. The number of hydrogen-bond donors (Lipinski definition) is 2. The van der Waals surface area contributed by atoms with Gasteiger partial charge in [0.1, 0.15) is 6.54 Å². The number of aliphatic carboxylic acids is 1. The summed E-state index contributed by atoms with van der Waals surface area (Å²) >= 11 is 0. The summed E-state index contributed by atoms with van der Waals surface area (Å²) in [5, 5.41) is 18.4. The highest BCUT2D eigenvalue weighted by Gasteiger charge is 2.08. The van der Waals surface area contributed by atoms with Gasteiger partial charge in [-0.05, 0) is 18.1 Å². The number of anilines is 1. The van der Waals surface area contributed by atoms with Crippen LogP contribution in [0, 0.1) is 0 Å². The molecule has 0 aromatic carbocycles. The number of carbonyl (C=O) groups excluding carboxylic acids is 1. The lowest BCUT2D eigenvalue weighted by Crippen LogP contribution is -2.12. The van der Waals surface area contributed by atoms with Crippen molar-refractivity contribution in [3.8, 4) is 0 Å². The van der Waals surface area contributed by atoms with Crippen molar-refractivity contribution < 1.29 is 14.7 Å². The predicted molar refractivity (Wildman–Crippen MR) is 68.8 cm³/mol. The van der Waals surface area contributed by atoms with E-state index in [1.807, 2.05) is 12.1 Å². The fourth-order valence-corrected chi connectivity index (χ4v) is 1.58. The van der Waals surface area contributed by atoms with Gasteiger partial charge in [-0.15, -0.1) is 5.10 Å². The highest BCUT2D eigenvalue weighted by molar-refractivity contribution is 5.89. The molecule has 0 aliphatic heterocycles. The molecule has 2 N–H and O–H groups in total. The van der Waals surface area contributed by atoms with Crippen LogP contribution in [-0.4, -0.2) is 37.0 Å². The van der Waals surface area contributed by atoms with Gasteiger partial charge in [-0.2, -0.15) is 0 Å². The number of nitrogens with one attached hydrogen (secondary N) is 1. The average Bonchev–Trinajstić information content (AvgIpc) is 2.84. The maximum Gasteiger partial charge on any atom is 0.325 e. The minimum Gasteiger partial charge on any atom is -0.480 e. The molecule has 0 spiro atoms. The van der Waals surface area contributed by atoms with Crippen LogP contribution in [0.2, 0.25) is 0 Å². The van der Waals surface area contributed by atoms with E-state index in [0.717, 1.165) is 10.2 Å². The van der Waals surface area contributed by atoms with Crippen molar-refractivity contribution >= 4 is 17.7 Å². The SMILES string of the molecule is O=C(O)Cn1cc(NC(=O)CCc2cccnc2)nn1. The maximum absolute atomic E-state index is 11.7. The molecule has 0 aliphatic carbocycles. The molecule has 0 atom stereocenters. The molecule has 0 aliphatic rings. The lowest BCUT2D eigenvalue weighted by Gasteiger charge is -2.01. The van der Waals surface area contributed by atoms with E-state index >= 15 is 0 Å². The summed E-state index contributed by atoms with van der Waals surface area (Å²) in [7, 11) is 0. The Morgan fingerprint density at radius 3 is 2.95 bits per heavy atom. The Morgan fingerprint density at radius 1 is 1.40 bits per heavy atom. The van der Waals surface area contributed by atoms with Gasteiger partial charge in [-0.25, -0.2) is 4.68 Å². The smallest absolute Gasteiger partial charge is 0.325 e. The topological polar surface area (TPSA) is 110 Å². The second-order valence-corrected chi connectivity index (χ2v) is 4.10. The maximum atomic E-state index is 11.7. The zero-order valence-corrected chi connectivity index (χ0v) is 10.6. The molecule has 104 valence electrons. The second-order valence-electron chi connectivity index (χ2n) is 4.10. The van der Waals surface area contributed by atoms with Crippen LogP contribution in [0.1, 0.15) is 12.0 Å². The van der Waals surface area contributed by atoms with E-state index in [-0.39, 0.29) is 24.7 Å². The fraction of sp³-hybridized carbons (Fsp3) is 0.250. The molecule has 20 heavy (non-hydrogen) atoms. The first-order valence-corrected chi connectivity index (χ1v) is 5.94. The number of amides is 1. The summed E-state index contributed by atoms with van der Waals surface area (Å²) in [6, 6.07) is 3.70. The highest BCUT2D eigenvalue weighted by Crippen LogP contribution is 2.04. The summed E-state index contributed by atoms with van der Waals surface area (Å²) in [5.41, 5.74) is 0.970. The van der Waals surface area contributed by atoms with Gasteiger partial charge in [0.25, 0.3) is 0 Å². The number of carboxylic acid groups (broad SMARTS) is 1. The zero-order valence-electron chi connectivity index (χ0n) is 10.6. The van der Waals surface area contributed by atoms with Crippen molar-refractivity contribution in [2.45, 2.75) is 19.4 Å². The van der Waals surface area contributed by atoms with Crippen LogP contribution in [-0.2, 0) is 22.6 Å². The van der Waals surface area contributed by atoms with Crippen LogP contribution in [0.4, 0.5) is 5.82 Å². The van der Waals surface area contributed by atoms with Crippen molar-refractivity contribution in [2.75, 3.05) is 5.32 Å². The second kappa shape index (κ2) is 6.41. The van der Waals surface area contributed by atoms with Crippen molar-refractivity contribution in [1.29, 1.82) is 0 Å². The summed E-state index contributed by atoms with van der Waals surface area (Å²) in [4.78, 5) is 26.1. The van der Waals surface area contributed by atoms with Gasteiger partial charge < -0.3 is 10.4 Å². The Kier molecular flexibility index (Phi) is 4.38. The molecule has 0 unspecified atom stereocenters. The minimum atomic E-state index is -1.02. The largest absolute Gasteiger partial charge is 0.480 e. The molecule has 8 heteroatoms. The molecule has 0 fully saturated rings. The molecule has 0 saturated heterocycles. The lowest BCUT2D eigenvalue weighted by molar-refractivity contribution is -0.137. The summed E-state index contributed by atoms with van der Waals surface area (Å²) in [6.45, 7) is -0.293. The van der Waals surface area contributed by atoms with Gasteiger partial charge in [-0.1, -0.05) is 11.3 Å². The fourth-order valence-electron chi connectivity index (χ4n) is 1.58. The Hall–Kier alpha value is -2.77. The molecule has 2 aromatic heterocycles. The molecular formula is C12H13N5O3. The molecule has 2 rings (SSSR count). The lowest BCUT2D eigenvalue weighted by atomic mass is 10.1. The van der Waals surface area contributed by atoms with Crippen molar-refractivity contribution in [2.24, 2.45) is 0 Å². The van der Waals surface area contributed by atoms with Gasteiger partial charge in [0.15, 0.2) is 5.82 Å². The zero-order chi connectivity index (χ0) is 14.4. The Labute approximate surface area is 114 Å². The van der Waals surface area contributed by atoms with E-state index in [4.69, 9.17) is 5.11 Å². The van der Waals surface area contributed by atoms with Crippen LogP contribution < -0.4 is 5.32 Å². The number of carbonyl (C=O) groups is 2. The van der Waals surface area contributed by atoms with E-state index < -0.39 is 5.97 Å². The van der Waals surface area contributed by atoms with Crippen molar-refractivity contribution in [3.63, 3.8) is 0 Å². The average molecular weight is 275 g/mol. The number of carboxylic acids is 1. The third kappa shape index (κ3) is 4.16. The number of pyridine rings is 1. The first-order valence-electron chi connectivity index (χ1n) is 5.94. The first-order chi connectivity index (χ1) is 9.63. The number of rotatable bonds is 6. The van der Waals surface area contributed by atoms with E-state index in [2.05, 4.69) is 20.6 Å². The Bertz CT molecular complexity index is 596. The number of aryl methyl sites for hydroxylation is 1. The monoisotopic (exact) mass is 275 g/mol. The van der Waals surface area contributed by atoms with Crippen LogP contribution in [0.25, 0.3) is 0 Å². The van der Waals surface area contributed by atoms with E-state index in [9.17, 15) is 9.59 Å².